The predicted octanol–water partition coefficient (Wildman–Crippen LogP) is 2.56. The van der Waals surface area contributed by atoms with Crippen molar-refractivity contribution in [1.82, 2.24) is 0 Å². The van der Waals surface area contributed by atoms with Crippen LogP contribution >= 0.6 is 0 Å². The van der Waals surface area contributed by atoms with Gasteiger partial charge in [-0.2, -0.15) is 0 Å². The third-order valence-corrected chi connectivity index (χ3v) is 5.87. The van der Waals surface area contributed by atoms with E-state index in [0.29, 0.717) is 17.5 Å². The van der Waals surface area contributed by atoms with Gasteiger partial charge in [-0.1, -0.05) is 60.7 Å². The summed E-state index contributed by atoms with van der Waals surface area (Å²) in [7, 11) is 1.23. The number of ether oxygens (including phenoxy) is 2. The molecule has 2 atom stereocenters. The van der Waals surface area contributed by atoms with Crippen LogP contribution in [0.25, 0.3) is 0 Å². The molecule has 5 heteroatoms. The molecule has 5 nitrogen and oxygen atoms in total. The van der Waals surface area contributed by atoms with Crippen LogP contribution in [0.3, 0.4) is 0 Å². The van der Waals surface area contributed by atoms with Crippen molar-refractivity contribution in [3.05, 3.63) is 71.8 Å². The van der Waals surface area contributed by atoms with Crippen LogP contribution in [0, 0.1) is 5.41 Å². The second-order valence-corrected chi connectivity index (χ2v) is 6.91. The molecule has 134 valence electrons. The van der Waals surface area contributed by atoms with E-state index in [9.17, 15) is 14.7 Å². The molecule has 1 saturated carbocycles. The van der Waals surface area contributed by atoms with E-state index in [0.717, 1.165) is 0 Å². The van der Waals surface area contributed by atoms with E-state index in [1.807, 2.05) is 60.7 Å². The van der Waals surface area contributed by atoms with Crippen molar-refractivity contribution >= 4 is 11.9 Å². The first-order chi connectivity index (χ1) is 12.5. The highest BCUT2D eigenvalue weighted by molar-refractivity contribution is 6.05. The van der Waals surface area contributed by atoms with Gasteiger partial charge in [-0.25, -0.2) is 0 Å². The molecule has 0 bridgehead atoms. The molecule has 26 heavy (non-hydrogen) atoms. The van der Waals surface area contributed by atoms with Crippen molar-refractivity contribution in [2.45, 2.75) is 30.5 Å². The molecule has 1 heterocycles. The van der Waals surface area contributed by atoms with Gasteiger partial charge in [0.15, 0.2) is 11.0 Å². The second kappa shape index (κ2) is 5.68. The summed E-state index contributed by atoms with van der Waals surface area (Å²) in [4.78, 5) is 25.8. The van der Waals surface area contributed by atoms with Gasteiger partial charge in [0.25, 0.3) is 0 Å². The number of carbonyl (C=O) groups excluding carboxylic acids is 2. The van der Waals surface area contributed by atoms with E-state index in [4.69, 9.17) is 9.47 Å². The van der Waals surface area contributed by atoms with Crippen molar-refractivity contribution in [2.24, 2.45) is 5.41 Å². The van der Waals surface area contributed by atoms with E-state index in [2.05, 4.69) is 0 Å². The normalized spacial score (nSPS) is 29.1. The van der Waals surface area contributed by atoms with Crippen LogP contribution in [-0.2, 0) is 24.7 Å². The summed E-state index contributed by atoms with van der Waals surface area (Å²) >= 11 is 0. The molecule has 2 fully saturated rings. The first kappa shape index (κ1) is 16.8. The maximum atomic E-state index is 13.1. The Labute approximate surface area is 151 Å². The molecule has 1 aliphatic carbocycles. The molecule has 0 radical (unpaired) electrons. The van der Waals surface area contributed by atoms with Gasteiger partial charge in [-0.3, -0.25) is 9.59 Å². The molecule has 0 amide bonds. The lowest BCUT2D eigenvalue weighted by atomic mass is 9.63. The van der Waals surface area contributed by atoms with E-state index in [-0.39, 0.29) is 12.8 Å². The van der Waals surface area contributed by atoms with Crippen molar-refractivity contribution < 1.29 is 24.2 Å². The number of cyclic esters (lactones) is 1. The summed E-state index contributed by atoms with van der Waals surface area (Å²) in [5.74, 6) is -1.46. The van der Waals surface area contributed by atoms with Crippen LogP contribution in [0.1, 0.15) is 30.4 Å². The van der Waals surface area contributed by atoms with Crippen LogP contribution < -0.4 is 0 Å². The van der Waals surface area contributed by atoms with Crippen LogP contribution in [0.4, 0.5) is 0 Å². The smallest absolute Gasteiger partial charge is 0.328 e. The molecular formula is C21H20O5. The lowest BCUT2D eigenvalue weighted by molar-refractivity contribution is -0.171. The van der Waals surface area contributed by atoms with Crippen molar-refractivity contribution in [3.8, 4) is 0 Å². The maximum Gasteiger partial charge on any atom is 0.328 e. The topological polar surface area (TPSA) is 72.8 Å². The molecule has 2 aliphatic rings. The van der Waals surface area contributed by atoms with Gasteiger partial charge >= 0.3 is 11.9 Å². The Morgan fingerprint density at radius 3 is 2.04 bits per heavy atom. The first-order valence-corrected chi connectivity index (χ1v) is 8.68. The Kier molecular flexibility index (Phi) is 3.66. The summed E-state index contributed by atoms with van der Waals surface area (Å²) < 4.78 is 10.9. The minimum Gasteiger partial charge on any atom is -0.468 e. The summed E-state index contributed by atoms with van der Waals surface area (Å²) in [6, 6.07) is 18.2. The summed E-state index contributed by atoms with van der Waals surface area (Å²) in [6.07, 6.45) is 0.996. The average Bonchev–Trinajstić information content (AvgIpc) is 3.14. The zero-order chi connectivity index (χ0) is 18.4. The number of methoxy groups -OCH3 is 1. The molecule has 4 rings (SSSR count). The summed E-state index contributed by atoms with van der Waals surface area (Å²) in [5, 5.41) is 11.9. The van der Waals surface area contributed by atoms with Gasteiger partial charge in [0.2, 0.25) is 0 Å². The summed E-state index contributed by atoms with van der Waals surface area (Å²) in [5.41, 5.74) is -3.64. The van der Waals surface area contributed by atoms with Gasteiger partial charge in [-0.05, 0) is 19.3 Å². The number of fused-ring (bicyclic) bond motifs is 1. The van der Waals surface area contributed by atoms with Crippen LogP contribution in [0.15, 0.2) is 60.7 Å². The average molecular weight is 352 g/mol. The predicted molar refractivity (Wildman–Crippen MR) is 93.0 cm³/mol. The second-order valence-electron chi connectivity index (χ2n) is 6.91. The number of carbonyl (C=O) groups is 2. The fourth-order valence-corrected chi connectivity index (χ4v) is 4.72. The zero-order valence-electron chi connectivity index (χ0n) is 14.5. The Hall–Kier alpha value is -2.66. The molecule has 1 N–H and O–H groups in total. The SMILES string of the molecule is COC(=O)[C@]12CCC[C@@]1(O)C(c1ccccc1)(c1ccccc1)OC2=O. The van der Waals surface area contributed by atoms with Gasteiger partial charge in [-0.15, -0.1) is 0 Å². The molecule has 0 unspecified atom stereocenters. The molecular weight excluding hydrogens is 332 g/mol. The zero-order valence-corrected chi connectivity index (χ0v) is 14.5. The third-order valence-electron chi connectivity index (χ3n) is 5.87. The van der Waals surface area contributed by atoms with Crippen LogP contribution in [-0.4, -0.2) is 29.8 Å². The van der Waals surface area contributed by atoms with Crippen LogP contribution in [0.2, 0.25) is 0 Å². The molecule has 0 aromatic heterocycles. The molecule has 1 aliphatic heterocycles. The van der Waals surface area contributed by atoms with Crippen molar-refractivity contribution in [3.63, 3.8) is 0 Å². The van der Waals surface area contributed by atoms with E-state index in [1.165, 1.54) is 7.11 Å². The van der Waals surface area contributed by atoms with Crippen molar-refractivity contribution in [1.29, 1.82) is 0 Å². The van der Waals surface area contributed by atoms with Gasteiger partial charge in [0, 0.05) is 11.1 Å². The van der Waals surface area contributed by atoms with Gasteiger partial charge in [0.05, 0.1) is 7.11 Å². The molecule has 0 spiro atoms. The Bertz CT molecular complexity index is 808. The number of esters is 2. The van der Waals surface area contributed by atoms with Gasteiger partial charge in [0.1, 0.15) is 5.60 Å². The lowest BCUT2D eigenvalue weighted by Gasteiger charge is -2.42. The maximum absolute atomic E-state index is 13.1. The monoisotopic (exact) mass is 352 g/mol. The highest BCUT2D eigenvalue weighted by Crippen LogP contribution is 2.65. The number of aliphatic hydroxyl groups is 1. The Morgan fingerprint density at radius 2 is 1.54 bits per heavy atom. The highest BCUT2D eigenvalue weighted by atomic mass is 16.6. The fourth-order valence-electron chi connectivity index (χ4n) is 4.72. The number of hydrogen-bond donors (Lipinski definition) is 1. The molecule has 2 aromatic carbocycles. The Balaban J connectivity index is 2.05. The number of benzene rings is 2. The standard InChI is InChI=1S/C21H20O5/c1-25-17(22)19-13-8-14-20(19,24)21(26-18(19)23,15-9-4-2-5-10-15)16-11-6-3-7-12-16/h2-7,9-12,24H,8,13-14H2,1H3/t19-,20-/m0/s1. The van der Waals surface area contributed by atoms with Crippen LogP contribution in [0.5, 0.6) is 0 Å². The minimum atomic E-state index is -1.73. The molecule has 2 aromatic rings. The van der Waals surface area contributed by atoms with E-state index < -0.39 is 28.6 Å². The van der Waals surface area contributed by atoms with E-state index >= 15 is 0 Å². The van der Waals surface area contributed by atoms with Crippen molar-refractivity contribution in [2.75, 3.05) is 7.11 Å². The van der Waals surface area contributed by atoms with Gasteiger partial charge < -0.3 is 14.6 Å². The fraction of sp³-hybridized carbons (Fsp3) is 0.333. The van der Waals surface area contributed by atoms with E-state index in [1.54, 1.807) is 0 Å². The third kappa shape index (κ3) is 1.78. The Morgan fingerprint density at radius 1 is 1.00 bits per heavy atom. The minimum absolute atomic E-state index is 0.205. The summed E-state index contributed by atoms with van der Waals surface area (Å²) in [6.45, 7) is 0. The molecule has 1 saturated heterocycles. The largest absolute Gasteiger partial charge is 0.468 e. The highest BCUT2D eigenvalue weighted by Gasteiger charge is 2.80. The number of hydrogen-bond acceptors (Lipinski definition) is 5. The first-order valence-electron chi connectivity index (χ1n) is 8.68. The number of rotatable bonds is 3. The quantitative estimate of drug-likeness (QED) is 0.679. The lowest BCUT2D eigenvalue weighted by Crippen LogP contribution is -2.58.